The highest BCUT2D eigenvalue weighted by Crippen LogP contribution is 2.32. The van der Waals surface area contributed by atoms with Crippen molar-refractivity contribution in [2.45, 2.75) is 27.2 Å². The van der Waals surface area contributed by atoms with E-state index in [1.165, 1.54) is 6.42 Å². The molecule has 2 heteroatoms. The summed E-state index contributed by atoms with van der Waals surface area (Å²) in [7, 11) is 0. The first kappa shape index (κ1) is 8.57. The van der Waals surface area contributed by atoms with Crippen molar-refractivity contribution >= 4 is 6.41 Å². The SMILES string of the molecule is CC(C)(C)C1CCN(C=O)C1. The van der Waals surface area contributed by atoms with Gasteiger partial charge in [0, 0.05) is 13.1 Å². The first-order valence-electron chi connectivity index (χ1n) is 4.23. The summed E-state index contributed by atoms with van der Waals surface area (Å²) < 4.78 is 0. The van der Waals surface area contributed by atoms with Gasteiger partial charge in [0.15, 0.2) is 0 Å². The van der Waals surface area contributed by atoms with Crippen molar-refractivity contribution < 1.29 is 4.79 Å². The molecule has 0 bridgehead atoms. The van der Waals surface area contributed by atoms with Crippen molar-refractivity contribution in [3.05, 3.63) is 0 Å². The van der Waals surface area contributed by atoms with Crippen LogP contribution in [0.4, 0.5) is 0 Å². The Kier molecular flexibility index (Phi) is 2.21. The van der Waals surface area contributed by atoms with Crippen molar-refractivity contribution in [2.24, 2.45) is 11.3 Å². The number of carbonyl (C=O) groups is 1. The second kappa shape index (κ2) is 2.84. The van der Waals surface area contributed by atoms with Gasteiger partial charge in [0.1, 0.15) is 0 Å². The Morgan fingerprint density at radius 3 is 2.36 bits per heavy atom. The van der Waals surface area contributed by atoms with Crippen molar-refractivity contribution in [2.75, 3.05) is 13.1 Å². The van der Waals surface area contributed by atoms with Gasteiger partial charge in [-0.15, -0.1) is 0 Å². The largest absolute Gasteiger partial charge is 0.345 e. The van der Waals surface area contributed by atoms with Gasteiger partial charge in [-0.1, -0.05) is 20.8 Å². The van der Waals surface area contributed by atoms with Gasteiger partial charge >= 0.3 is 0 Å². The molecular weight excluding hydrogens is 138 g/mol. The molecular formula is C9H17NO. The molecule has 1 rings (SSSR count). The second-order valence-electron chi connectivity index (χ2n) is 4.45. The molecule has 0 aliphatic carbocycles. The highest BCUT2D eigenvalue weighted by molar-refractivity contribution is 5.47. The molecule has 1 aliphatic rings. The van der Waals surface area contributed by atoms with Crippen molar-refractivity contribution in [3.8, 4) is 0 Å². The Hall–Kier alpha value is -0.530. The number of carbonyl (C=O) groups excluding carboxylic acids is 1. The summed E-state index contributed by atoms with van der Waals surface area (Å²) in [5.74, 6) is 0.688. The van der Waals surface area contributed by atoms with E-state index in [9.17, 15) is 4.79 Å². The van der Waals surface area contributed by atoms with Gasteiger partial charge in [-0.25, -0.2) is 0 Å². The fraction of sp³-hybridized carbons (Fsp3) is 0.889. The first-order valence-corrected chi connectivity index (χ1v) is 4.23. The van der Waals surface area contributed by atoms with Crippen LogP contribution in [0.15, 0.2) is 0 Å². The van der Waals surface area contributed by atoms with E-state index < -0.39 is 0 Å². The monoisotopic (exact) mass is 155 g/mol. The van der Waals surface area contributed by atoms with Gasteiger partial charge in [-0.2, -0.15) is 0 Å². The van der Waals surface area contributed by atoms with Crippen LogP contribution in [0.5, 0.6) is 0 Å². The van der Waals surface area contributed by atoms with Crippen LogP contribution in [0.25, 0.3) is 0 Å². The van der Waals surface area contributed by atoms with Crippen LogP contribution in [-0.4, -0.2) is 24.4 Å². The predicted molar refractivity (Wildman–Crippen MR) is 45.2 cm³/mol. The molecule has 1 fully saturated rings. The summed E-state index contributed by atoms with van der Waals surface area (Å²) >= 11 is 0. The summed E-state index contributed by atoms with van der Waals surface area (Å²) in [5.41, 5.74) is 0.359. The molecule has 1 unspecified atom stereocenters. The number of hydrogen-bond donors (Lipinski definition) is 0. The van der Waals surface area contributed by atoms with Gasteiger partial charge < -0.3 is 4.90 Å². The highest BCUT2D eigenvalue weighted by atomic mass is 16.1. The van der Waals surface area contributed by atoms with Crippen molar-refractivity contribution in [1.29, 1.82) is 0 Å². The quantitative estimate of drug-likeness (QED) is 0.526. The van der Waals surface area contributed by atoms with E-state index in [1.54, 1.807) is 0 Å². The van der Waals surface area contributed by atoms with Gasteiger partial charge in [-0.05, 0) is 17.8 Å². The third-order valence-corrected chi connectivity index (χ3v) is 2.59. The summed E-state index contributed by atoms with van der Waals surface area (Å²) in [5, 5.41) is 0. The summed E-state index contributed by atoms with van der Waals surface area (Å²) in [4.78, 5) is 12.3. The van der Waals surface area contributed by atoms with E-state index in [2.05, 4.69) is 20.8 Å². The second-order valence-corrected chi connectivity index (χ2v) is 4.45. The minimum atomic E-state index is 0.359. The number of hydrogen-bond acceptors (Lipinski definition) is 1. The van der Waals surface area contributed by atoms with E-state index in [4.69, 9.17) is 0 Å². The lowest BCUT2D eigenvalue weighted by Gasteiger charge is -2.26. The highest BCUT2D eigenvalue weighted by Gasteiger charge is 2.30. The lowest BCUT2D eigenvalue weighted by atomic mass is 9.80. The molecule has 1 aliphatic heterocycles. The minimum Gasteiger partial charge on any atom is -0.345 e. The molecule has 0 aromatic rings. The molecule has 0 radical (unpaired) electrons. The number of rotatable bonds is 1. The van der Waals surface area contributed by atoms with Crippen LogP contribution < -0.4 is 0 Å². The molecule has 0 N–H and O–H groups in total. The molecule has 0 aromatic heterocycles. The predicted octanol–water partition coefficient (Wildman–Crippen LogP) is 1.51. The molecule has 0 saturated carbocycles. The molecule has 0 aromatic carbocycles. The van der Waals surface area contributed by atoms with Crippen LogP contribution in [0.2, 0.25) is 0 Å². The molecule has 1 atom stereocenters. The summed E-state index contributed by atoms with van der Waals surface area (Å²) in [6.45, 7) is 8.63. The van der Waals surface area contributed by atoms with Crippen molar-refractivity contribution in [3.63, 3.8) is 0 Å². The summed E-state index contributed by atoms with van der Waals surface area (Å²) in [6, 6.07) is 0. The molecule has 1 saturated heterocycles. The average molecular weight is 155 g/mol. The Morgan fingerprint density at radius 2 is 2.09 bits per heavy atom. The van der Waals surface area contributed by atoms with E-state index in [-0.39, 0.29) is 0 Å². The maximum Gasteiger partial charge on any atom is 0.209 e. The molecule has 1 heterocycles. The summed E-state index contributed by atoms with van der Waals surface area (Å²) in [6.07, 6.45) is 2.13. The van der Waals surface area contributed by atoms with E-state index in [0.717, 1.165) is 19.5 Å². The van der Waals surface area contributed by atoms with Crippen LogP contribution in [0.1, 0.15) is 27.2 Å². The Bertz CT molecular complexity index is 148. The lowest BCUT2D eigenvalue weighted by molar-refractivity contribution is -0.117. The average Bonchev–Trinajstić information content (AvgIpc) is 2.32. The Morgan fingerprint density at radius 1 is 1.45 bits per heavy atom. The number of amides is 1. The number of likely N-dealkylation sites (tertiary alicyclic amines) is 1. The number of nitrogens with zero attached hydrogens (tertiary/aromatic N) is 1. The minimum absolute atomic E-state index is 0.359. The van der Waals surface area contributed by atoms with E-state index in [0.29, 0.717) is 11.3 Å². The zero-order valence-corrected chi connectivity index (χ0v) is 7.63. The zero-order valence-electron chi connectivity index (χ0n) is 7.63. The smallest absolute Gasteiger partial charge is 0.209 e. The fourth-order valence-electron chi connectivity index (χ4n) is 1.59. The van der Waals surface area contributed by atoms with Gasteiger partial charge in [0.05, 0.1) is 0 Å². The maximum absolute atomic E-state index is 10.4. The van der Waals surface area contributed by atoms with E-state index in [1.807, 2.05) is 4.90 Å². The molecule has 0 spiro atoms. The molecule has 64 valence electrons. The van der Waals surface area contributed by atoms with Gasteiger partial charge in [-0.3, -0.25) is 4.79 Å². The van der Waals surface area contributed by atoms with Gasteiger partial charge in [0.2, 0.25) is 6.41 Å². The lowest BCUT2D eigenvalue weighted by Crippen LogP contribution is -2.24. The van der Waals surface area contributed by atoms with Gasteiger partial charge in [0.25, 0.3) is 0 Å². The molecule has 2 nitrogen and oxygen atoms in total. The third kappa shape index (κ3) is 1.95. The van der Waals surface area contributed by atoms with Crippen LogP contribution in [0.3, 0.4) is 0 Å². The fourth-order valence-corrected chi connectivity index (χ4v) is 1.59. The normalized spacial score (nSPS) is 25.7. The molecule has 11 heavy (non-hydrogen) atoms. The zero-order chi connectivity index (χ0) is 8.48. The third-order valence-electron chi connectivity index (χ3n) is 2.59. The molecule has 1 amide bonds. The maximum atomic E-state index is 10.4. The first-order chi connectivity index (χ1) is 5.04. The van der Waals surface area contributed by atoms with Crippen LogP contribution in [0, 0.1) is 11.3 Å². The Labute approximate surface area is 68.6 Å². The van der Waals surface area contributed by atoms with Crippen LogP contribution in [-0.2, 0) is 4.79 Å². The van der Waals surface area contributed by atoms with Crippen LogP contribution >= 0.6 is 0 Å². The van der Waals surface area contributed by atoms with E-state index >= 15 is 0 Å². The van der Waals surface area contributed by atoms with Crippen molar-refractivity contribution in [1.82, 2.24) is 4.90 Å². The Balaban J connectivity index is 2.48. The standard InChI is InChI=1S/C9H17NO/c1-9(2,3)8-4-5-10(6-8)7-11/h7-8H,4-6H2,1-3H3. The topological polar surface area (TPSA) is 20.3 Å².